The predicted octanol–water partition coefficient (Wildman–Crippen LogP) is 0.750. The van der Waals surface area contributed by atoms with Crippen molar-refractivity contribution < 1.29 is 5.11 Å². The first kappa shape index (κ1) is 12.0. The number of rotatable bonds is 3. The Hall–Kier alpha value is -1.07. The number of hydrogen-bond donors (Lipinski definition) is 3. The lowest BCUT2D eigenvalue weighted by Gasteiger charge is -2.23. The molecule has 1 aromatic heterocycles. The summed E-state index contributed by atoms with van der Waals surface area (Å²) in [7, 11) is 3.48. The van der Waals surface area contributed by atoms with E-state index in [4.69, 9.17) is 0 Å². The number of nitrogens with zero attached hydrogens (tertiary/aromatic N) is 1. The van der Waals surface area contributed by atoms with E-state index >= 15 is 0 Å². The largest absolute Gasteiger partial charge is 0.383 e. The van der Waals surface area contributed by atoms with Gasteiger partial charge in [0.05, 0.1) is 6.54 Å². The molecule has 0 saturated heterocycles. The highest BCUT2D eigenvalue weighted by atomic mass is 32.1. The van der Waals surface area contributed by atoms with Gasteiger partial charge in [0.15, 0.2) is 5.96 Å². The van der Waals surface area contributed by atoms with Gasteiger partial charge in [0.25, 0.3) is 0 Å². The highest BCUT2D eigenvalue weighted by Gasteiger charge is 2.24. The van der Waals surface area contributed by atoms with Crippen molar-refractivity contribution in [2.45, 2.75) is 12.5 Å². The van der Waals surface area contributed by atoms with E-state index in [-0.39, 0.29) is 0 Å². The van der Waals surface area contributed by atoms with Crippen LogP contribution in [0, 0.1) is 0 Å². The Balaban J connectivity index is 2.58. The Kier molecular flexibility index (Phi) is 4.11. The molecule has 0 aliphatic rings. The van der Waals surface area contributed by atoms with Crippen molar-refractivity contribution in [3.05, 3.63) is 22.4 Å². The number of aliphatic hydroxyl groups is 1. The molecule has 0 aromatic carbocycles. The fraction of sp³-hybridized carbons (Fsp3) is 0.500. The van der Waals surface area contributed by atoms with E-state index in [0.29, 0.717) is 12.5 Å². The van der Waals surface area contributed by atoms with E-state index in [9.17, 15) is 5.11 Å². The molecule has 5 heteroatoms. The van der Waals surface area contributed by atoms with Crippen molar-refractivity contribution in [2.24, 2.45) is 4.99 Å². The SMILES string of the molecule is CN=C(NC)NCC(C)(O)c1cccs1. The molecule has 0 aliphatic heterocycles. The van der Waals surface area contributed by atoms with Gasteiger partial charge in [-0.1, -0.05) is 6.07 Å². The third kappa shape index (κ3) is 3.21. The Morgan fingerprint density at radius 3 is 2.87 bits per heavy atom. The second-order valence-electron chi connectivity index (χ2n) is 3.43. The zero-order chi connectivity index (χ0) is 11.3. The molecular formula is C10H17N3OS. The first-order valence-electron chi connectivity index (χ1n) is 4.75. The summed E-state index contributed by atoms with van der Waals surface area (Å²) in [5, 5.41) is 18.1. The summed E-state index contributed by atoms with van der Waals surface area (Å²) in [6, 6.07) is 3.86. The standard InChI is InChI=1S/C10H17N3OS/c1-10(14,8-5-4-6-15-8)7-13-9(11-2)12-3/h4-6,14H,7H2,1-3H3,(H2,11,12,13). The number of aliphatic imine (C=N–C) groups is 1. The number of nitrogens with one attached hydrogen (secondary N) is 2. The molecule has 84 valence electrons. The third-order valence-corrected chi connectivity index (χ3v) is 3.24. The summed E-state index contributed by atoms with van der Waals surface area (Å²) in [4.78, 5) is 4.92. The van der Waals surface area contributed by atoms with Crippen molar-refractivity contribution in [3.8, 4) is 0 Å². The van der Waals surface area contributed by atoms with Gasteiger partial charge in [0.1, 0.15) is 5.60 Å². The van der Waals surface area contributed by atoms with Crippen molar-refractivity contribution in [1.29, 1.82) is 0 Å². The average Bonchev–Trinajstić information content (AvgIpc) is 2.72. The molecule has 0 fully saturated rings. The quantitative estimate of drug-likeness (QED) is 0.527. The molecule has 0 radical (unpaired) electrons. The summed E-state index contributed by atoms with van der Waals surface area (Å²) in [5.41, 5.74) is -0.860. The van der Waals surface area contributed by atoms with E-state index in [1.54, 1.807) is 32.4 Å². The maximum atomic E-state index is 10.2. The molecule has 0 saturated carbocycles. The molecule has 1 unspecified atom stereocenters. The lowest BCUT2D eigenvalue weighted by Crippen LogP contribution is -2.42. The molecule has 0 spiro atoms. The lowest BCUT2D eigenvalue weighted by molar-refractivity contribution is 0.0656. The molecule has 4 nitrogen and oxygen atoms in total. The van der Waals surface area contributed by atoms with Crippen molar-refractivity contribution >= 4 is 17.3 Å². The van der Waals surface area contributed by atoms with Crippen LogP contribution in [0.2, 0.25) is 0 Å². The fourth-order valence-electron chi connectivity index (χ4n) is 1.21. The normalized spacial score (nSPS) is 15.9. The highest BCUT2D eigenvalue weighted by molar-refractivity contribution is 7.10. The minimum atomic E-state index is -0.860. The molecule has 0 bridgehead atoms. The zero-order valence-corrected chi connectivity index (χ0v) is 10.1. The maximum absolute atomic E-state index is 10.2. The van der Waals surface area contributed by atoms with Crippen molar-refractivity contribution in [3.63, 3.8) is 0 Å². The molecular weight excluding hydrogens is 210 g/mol. The molecule has 1 aromatic rings. The second kappa shape index (κ2) is 5.14. The minimum Gasteiger partial charge on any atom is -0.383 e. The van der Waals surface area contributed by atoms with Crippen LogP contribution in [-0.4, -0.2) is 31.7 Å². The summed E-state index contributed by atoms with van der Waals surface area (Å²) < 4.78 is 0. The van der Waals surface area contributed by atoms with Gasteiger partial charge >= 0.3 is 0 Å². The van der Waals surface area contributed by atoms with Crippen LogP contribution < -0.4 is 10.6 Å². The summed E-state index contributed by atoms with van der Waals surface area (Å²) in [6.45, 7) is 2.22. The first-order chi connectivity index (χ1) is 7.10. The van der Waals surface area contributed by atoms with Gasteiger partial charge in [-0.25, -0.2) is 0 Å². The van der Waals surface area contributed by atoms with Gasteiger partial charge < -0.3 is 15.7 Å². The lowest BCUT2D eigenvalue weighted by atomic mass is 10.1. The van der Waals surface area contributed by atoms with Crippen molar-refractivity contribution in [1.82, 2.24) is 10.6 Å². The number of guanidine groups is 1. The van der Waals surface area contributed by atoms with Crippen LogP contribution in [-0.2, 0) is 5.60 Å². The molecule has 0 amide bonds. The molecule has 3 N–H and O–H groups in total. The van der Waals surface area contributed by atoms with Crippen LogP contribution in [0.5, 0.6) is 0 Å². The zero-order valence-electron chi connectivity index (χ0n) is 9.24. The van der Waals surface area contributed by atoms with Crippen LogP contribution >= 0.6 is 11.3 Å². The third-order valence-electron chi connectivity index (χ3n) is 2.11. The van der Waals surface area contributed by atoms with E-state index in [2.05, 4.69) is 15.6 Å². The average molecular weight is 227 g/mol. The predicted molar refractivity (Wildman–Crippen MR) is 64.3 cm³/mol. The molecule has 1 rings (SSSR count). The smallest absolute Gasteiger partial charge is 0.190 e. The Morgan fingerprint density at radius 2 is 2.40 bits per heavy atom. The maximum Gasteiger partial charge on any atom is 0.190 e. The monoisotopic (exact) mass is 227 g/mol. The van der Waals surface area contributed by atoms with Gasteiger partial charge in [-0.05, 0) is 18.4 Å². The van der Waals surface area contributed by atoms with Gasteiger partial charge in [0.2, 0.25) is 0 Å². The topological polar surface area (TPSA) is 56.7 Å². The van der Waals surface area contributed by atoms with Crippen LogP contribution in [0.4, 0.5) is 0 Å². The first-order valence-corrected chi connectivity index (χ1v) is 5.63. The van der Waals surface area contributed by atoms with Crippen LogP contribution in [0.15, 0.2) is 22.5 Å². The number of hydrogen-bond acceptors (Lipinski definition) is 3. The van der Waals surface area contributed by atoms with E-state index in [0.717, 1.165) is 4.88 Å². The molecule has 1 heterocycles. The van der Waals surface area contributed by atoms with Crippen LogP contribution in [0.1, 0.15) is 11.8 Å². The number of thiophene rings is 1. The van der Waals surface area contributed by atoms with Crippen LogP contribution in [0.25, 0.3) is 0 Å². The molecule has 1 atom stereocenters. The molecule has 15 heavy (non-hydrogen) atoms. The highest BCUT2D eigenvalue weighted by Crippen LogP contribution is 2.24. The van der Waals surface area contributed by atoms with E-state index in [1.807, 2.05) is 17.5 Å². The van der Waals surface area contributed by atoms with Gasteiger partial charge in [-0.15, -0.1) is 11.3 Å². The summed E-state index contributed by atoms with van der Waals surface area (Å²) in [5.74, 6) is 0.673. The second-order valence-corrected chi connectivity index (χ2v) is 4.37. The van der Waals surface area contributed by atoms with E-state index < -0.39 is 5.60 Å². The van der Waals surface area contributed by atoms with Gasteiger partial charge in [-0.3, -0.25) is 4.99 Å². The van der Waals surface area contributed by atoms with Crippen molar-refractivity contribution in [2.75, 3.05) is 20.6 Å². The Bertz CT molecular complexity index is 319. The summed E-state index contributed by atoms with van der Waals surface area (Å²) in [6.07, 6.45) is 0. The Labute approximate surface area is 94.1 Å². The van der Waals surface area contributed by atoms with Gasteiger partial charge in [0, 0.05) is 19.0 Å². The molecule has 0 aliphatic carbocycles. The fourth-order valence-corrected chi connectivity index (χ4v) is 1.99. The Morgan fingerprint density at radius 1 is 1.67 bits per heavy atom. The van der Waals surface area contributed by atoms with Crippen LogP contribution in [0.3, 0.4) is 0 Å². The van der Waals surface area contributed by atoms with E-state index in [1.165, 1.54) is 0 Å². The van der Waals surface area contributed by atoms with Gasteiger partial charge in [-0.2, -0.15) is 0 Å². The summed E-state index contributed by atoms with van der Waals surface area (Å²) >= 11 is 1.55. The minimum absolute atomic E-state index is 0.432.